The van der Waals surface area contributed by atoms with Gasteiger partial charge in [-0.05, 0) is 30.5 Å². The Kier molecular flexibility index (Phi) is 4.27. The molecule has 0 bridgehead atoms. The van der Waals surface area contributed by atoms with E-state index in [0.29, 0.717) is 18.3 Å². The first-order valence-electron chi connectivity index (χ1n) is 5.90. The molecule has 106 valence electrons. The van der Waals surface area contributed by atoms with Crippen molar-refractivity contribution in [3.8, 4) is 0 Å². The zero-order valence-electron chi connectivity index (χ0n) is 10.3. The summed E-state index contributed by atoms with van der Waals surface area (Å²) in [5.74, 6) is -1.50. The number of alkyl halides is 1. The first-order valence-corrected chi connectivity index (χ1v) is 8.47. The second-order valence-electron chi connectivity index (χ2n) is 4.68. The summed E-state index contributed by atoms with van der Waals surface area (Å²) >= 11 is 3.28. The number of nitrogens with zero attached hydrogens (tertiary/aromatic N) is 1. The van der Waals surface area contributed by atoms with Crippen LogP contribution in [0.5, 0.6) is 0 Å². The molecule has 0 saturated carbocycles. The van der Waals surface area contributed by atoms with Crippen molar-refractivity contribution in [2.75, 3.05) is 11.9 Å². The Bertz CT molecular complexity index is 579. The lowest BCUT2D eigenvalue weighted by Gasteiger charge is -2.24. The molecule has 1 saturated heterocycles. The van der Waals surface area contributed by atoms with E-state index in [9.17, 15) is 17.2 Å². The van der Waals surface area contributed by atoms with Gasteiger partial charge >= 0.3 is 0 Å². The predicted molar refractivity (Wildman–Crippen MR) is 71.6 cm³/mol. The number of halogens is 3. The van der Waals surface area contributed by atoms with Gasteiger partial charge in [-0.1, -0.05) is 22.9 Å². The van der Waals surface area contributed by atoms with E-state index in [1.54, 1.807) is 0 Å². The van der Waals surface area contributed by atoms with Gasteiger partial charge in [-0.25, -0.2) is 17.2 Å². The Morgan fingerprint density at radius 2 is 2.11 bits per heavy atom. The summed E-state index contributed by atoms with van der Waals surface area (Å²) in [6.45, 7) is 2.28. The van der Waals surface area contributed by atoms with E-state index >= 15 is 0 Å². The molecule has 7 heteroatoms. The molecule has 0 spiro atoms. The second kappa shape index (κ2) is 5.46. The predicted octanol–water partition coefficient (Wildman–Crippen LogP) is 2.76. The minimum absolute atomic E-state index is 0.186. The van der Waals surface area contributed by atoms with Crippen LogP contribution in [0.25, 0.3) is 0 Å². The van der Waals surface area contributed by atoms with Gasteiger partial charge in [0, 0.05) is 17.9 Å². The first-order chi connectivity index (χ1) is 8.87. The normalized spacial score (nSPS) is 24.8. The molecule has 0 radical (unpaired) electrons. The van der Waals surface area contributed by atoms with Crippen molar-refractivity contribution in [3.63, 3.8) is 0 Å². The van der Waals surface area contributed by atoms with Crippen LogP contribution < -0.4 is 0 Å². The van der Waals surface area contributed by atoms with Crippen LogP contribution in [0.15, 0.2) is 23.1 Å². The average molecular weight is 354 g/mol. The largest absolute Gasteiger partial charge is 0.246 e. The summed E-state index contributed by atoms with van der Waals surface area (Å²) in [5.41, 5.74) is 0. The van der Waals surface area contributed by atoms with E-state index in [1.807, 2.05) is 6.92 Å². The number of benzene rings is 1. The Morgan fingerprint density at radius 3 is 2.74 bits per heavy atom. The van der Waals surface area contributed by atoms with Crippen molar-refractivity contribution >= 4 is 26.0 Å². The van der Waals surface area contributed by atoms with Gasteiger partial charge < -0.3 is 0 Å². The van der Waals surface area contributed by atoms with Gasteiger partial charge in [0.15, 0.2) is 0 Å². The number of hydrogen-bond donors (Lipinski definition) is 0. The molecule has 1 aromatic carbocycles. The molecule has 2 rings (SSSR count). The Hall–Kier alpha value is -0.530. The monoisotopic (exact) mass is 353 g/mol. The molecular formula is C12H14BrF2NO2S. The maximum atomic E-state index is 13.7. The van der Waals surface area contributed by atoms with Gasteiger partial charge in [-0.3, -0.25) is 0 Å². The van der Waals surface area contributed by atoms with Crippen molar-refractivity contribution in [2.45, 2.75) is 24.3 Å². The number of rotatable bonds is 3. The van der Waals surface area contributed by atoms with Crippen molar-refractivity contribution in [1.82, 2.24) is 4.31 Å². The van der Waals surface area contributed by atoms with Gasteiger partial charge in [-0.2, -0.15) is 4.31 Å². The molecular weight excluding hydrogens is 340 g/mol. The van der Waals surface area contributed by atoms with Crippen LogP contribution in [-0.4, -0.2) is 30.6 Å². The molecule has 0 aromatic heterocycles. The third-order valence-electron chi connectivity index (χ3n) is 3.47. The Morgan fingerprint density at radius 1 is 1.42 bits per heavy atom. The minimum atomic E-state index is -4.00. The molecule has 1 aromatic rings. The first kappa shape index (κ1) is 14.9. The lowest BCUT2D eigenvalue weighted by Crippen LogP contribution is -2.38. The van der Waals surface area contributed by atoms with Crippen LogP contribution in [0.4, 0.5) is 8.78 Å². The van der Waals surface area contributed by atoms with Gasteiger partial charge in [-0.15, -0.1) is 0 Å². The lowest BCUT2D eigenvalue weighted by atomic mass is 10.1. The fourth-order valence-electron chi connectivity index (χ4n) is 2.30. The topological polar surface area (TPSA) is 37.4 Å². The van der Waals surface area contributed by atoms with Crippen molar-refractivity contribution in [3.05, 3.63) is 29.8 Å². The lowest BCUT2D eigenvalue weighted by molar-refractivity contribution is 0.375. The molecule has 1 aliphatic rings. The molecule has 3 nitrogen and oxygen atoms in total. The Labute approximate surface area is 119 Å². The second-order valence-corrected chi connectivity index (χ2v) is 7.18. The Balaban J connectivity index is 2.45. The van der Waals surface area contributed by atoms with Crippen LogP contribution in [0.3, 0.4) is 0 Å². The third-order valence-corrected chi connectivity index (χ3v) is 6.07. The fraction of sp³-hybridized carbons (Fsp3) is 0.500. The number of sulfonamides is 1. The van der Waals surface area contributed by atoms with E-state index in [-0.39, 0.29) is 12.0 Å². The molecule has 1 fully saturated rings. The highest BCUT2D eigenvalue weighted by atomic mass is 79.9. The highest BCUT2D eigenvalue weighted by Crippen LogP contribution is 2.32. The smallest absolute Gasteiger partial charge is 0.207 e. The summed E-state index contributed by atoms with van der Waals surface area (Å²) < 4.78 is 52.9. The van der Waals surface area contributed by atoms with E-state index in [2.05, 4.69) is 15.9 Å². The van der Waals surface area contributed by atoms with E-state index < -0.39 is 26.6 Å². The molecule has 0 N–H and O–H groups in total. The highest BCUT2D eigenvalue weighted by molar-refractivity contribution is 9.09. The van der Waals surface area contributed by atoms with Gasteiger partial charge in [0.25, 0.3) is 0 Å². The van der Waals surface area contributed by atoms with Crippen molar-refractivity contribution in [2.24, 2.45) is 5.92 Å². The molecule has 0 amide bonds. The summed E-state index contributed by atoms with van der Waals surface area (Å²) in [5, 5.41) is 0.477. The fourth-order valence-corrected chi connectivity index (χ4v) is 5.29. The maximum Gasteiger partial charge on any atom is 0.246 e. The van der Waals surface area contributed by atoms with Crippen molar-refractivity contribution in [1.29, 1.82) is 0 Å². The van der Waals surface area contributed by atoms with Crippen LogP contribution >= 0.6 is 15.9 Å². The third kappa shape index (κ3) is 2.68. The SMILES string of the molecule is CC1CCN(S(=O)(=O)c2cc(F)ccc2F)C1CBr. The van der Waals surface area contributed by atoms with Gasteiger partial charge in [0.2, 0.25) is 10.0 Å². The van der Waals surface area contributed by atoms with E-state index in [0.717, 1.165) is 18.2 Å². The standard InChI is InChI=1S/C12H14BrF2NO2S/c1-8-4-5-16(11(8)7-13)19(17,18)12-6-9(14)2-3-10(12)15/h2-3,6,8,11H,4-5,7H2,1H3. The van der Waals surface area contributed by atoms with Crippen LogP contribution in [0.1, 0.15) is 13.3 Å². The molecule has 0 aliphatic carbocycles. The molecule has 1 aliphatic heterocycles. The summed E-state index contributed by atoms with van der Waals surface area (Å²) in [6, 6.07) is 2.25. The zero-order valence-corrected chi connectivity index (χ0v) is 12.7. The molecule has 2 unspecified atom stereocenters. The van der Waals surface area contributed by atoms with Crippen LogP contribution in [0.2, 0.25) is 0 Å². The summed E-state index contributed by atoms with van der Waals surface area (Å²) in [7, 11) is -4.00. The average Bonchev–Trinajstić information content (AvgIpc) is 2.74. The van der Waals surface area contributed by atoms with E-state index in [4.69, 9.17) is 0 Å². The van der Waals surface area contributed by atoms with Crippen molar-refractivity contribution < 1.29 is 17.2 Å². The minimum Gasteiger partial charge on any atom is -0.207 e. The summed E-state index contributed by atoms with van der Waals surface area (Å²) in [4.78, 5) is -0.590. The van der Waals surface area contributed by atoms with Crippen LogP contribution in [-0.2, 0) is 10.0 Å². The number of hydrogen-bond acceptors (Lipinski definition) is 2. The summed E-state index contributed by atoms with van der Waals surface area (Å²) in [6.07, 6.45) is 0.715. The molecule has 1 heterocycles. The van der Waals surface area contributed by atoms with Gasteiger partial charge in [0.1, 0.15) is 16.5 Å². The maximum absolute atomic E-state index is 13.7. The highest BCUT2D eigenvalue weighted by Gasteiger charge is 2.40. The molecule has 19 heavy (non-hydrogen) atoms. The van der Waals surface area contributed by atoms with Gasteiger partial charge in [0.05, 0.1) is 0 Å². The quantitative estimate of drug-likeness (QED) is 0.783. The van der Waals surface area contributed by atoms with E-state index in [1.165, 1.54) is 4.31 Å². The zero-order chi connectivity index (χ0) is 14.2. The van der Waals surface area contributed by atoms with Crippen LogP contribution in [0, 0.1) is 17.6 Å². The molecule has 2 atom stereocenters.